The maximum absolute atomic E-state index is 5.57. The molecule has 21 heavy (non-hydrogen) atoms. The quantitative estimate of drug-likeness (QED) is 0.820. The van der Waals surface area contributed by atoms with Gasteiger partial charge in [-0.25, -0.2) is 0 Å². The normalized spacial score (nSPS) is 12.2. The summed E-state index contributed by atoms with van der Waals surface area (Å²) in [6.45, 7) is 5.15. The van der Waals surface area contributed by atoms with E-state index in [0.29, 0.717) is 0 Å². The molecule has 1 unspecified atom stereocenters. The Balaban J connectivity index is 2.30. The van der Waals surface area contributed by atoms with Crippen LogP contribution in [0.15, 0.2) is 46.9 Å². The molecule has 0 amide bonds. The lowest BCUT2D eigenvalue weighted by atomic mass is 9.97. The summed E-state index contributed by atoms with van der Waals surface area (Å²) >= 11 is 3.54. The van der Waals surface area contributed by atoms with Crippen LogP contribution < -0.4 is 10.1 Å². The van der Waals surface area contributed by atoms with E-state index in [1.165, 1.54) is 16.7 Å². The molecule has 0 bridgehead atoms. The number of likely N-dealkylation sites (N-methyl/N-ethyl adjacent to an activating group) is 1. The number of benzene rings is 2. The van der Waals surface area contributed by atoms with Crippen molar-refractivity contribution < 1.29 is 4.74 Å². The van der Waals surface area contributed by atoms with Crippen molar-refractivity contribution in [1.29, 1.82) is 0 Å². The fraction of sp³-hybridized carbons (Fsp3) is 0.333. The Kier molecular flexibility index (Phi) is 5.83. The summed E-state index contributed by atoms with van der Waals surface area (Å²) in [5, 5.41) is 3.57. The molecule has 2 aromatic rings. The van der Waals surface area contributed by atoms with E-state index >= 15 is 0 Å². The minimum absolute atomic E-state index is 0.250. The van der Waals surface area contributed by atoms with Crippen LogP contribution in [-0.2, 0) is 6.42 Å². The highest BCUT2D eigenvalue weighted by atomic mass is 79.9. The molecule has 0 aromatic heterocycles. The van der Waals surface area contributed by atoms with E-state index in [2.05, 4.69) is 77.6 Å². The summed E-state index contributed by atoms with van der Waals surface area (Å²) in [6.07, 6.45) is 0.937. The Morgan fingerprint density at radius 2 is 2.00 bits per heavy atom. The highest BCUT2D eigenvalue weighted by Crippen LogP contribution is 2.29. The lowest BCUT2D eigenvalue weighted by Gasteiger charge is -2.21. The molecule has 2 aromatic carbocycles. The Morgan fingerprint density at radius 3 is 2.67 bits per heavy atom. The van der Waals surface area contributed by atoms with Crippen LogP contribution >= 0.6 is 15.9 Å². The van der Waals surface area contributed by atoms with Crippen LogP contribution in [0.1, 0.15) is 29.7 Å². The molecule has 0 saturated carbocycles. The third-order valence-corrected chi connectivity index (χ3v) is 4.04. The monoisotopic (exact) mass is 347 g/mol. The van der Waals surface area contributed by atoms with Gasteiger partial charge in [0.25, 0.3) is 0 Å². The van der Waals surface area contributed by atoms with E-state index in [0.717, 1.165) is 23.2 Å². The topological polar surface area (TPSA) is 21.3 Å². The summed E-state index contributed by atoms with van der Waals surface area (Å²) in [5.41, 5.74) is 3.73. The van der Waals surface area contributed by atoms with Crippen molar-refractivity contribution in [1.82, 2.24) is 5.32 Å². The number of nitrogens with one attached hydrogen (secondary N) is 1. The van der Waals surface area contributed by atoms with Gasteiger partial charge in [0.15, 0.2) is 0 Å². The molecule has 0 heterocycles. The molecular weight excluding hydrogens is 326 g/mol. The third kappa shape index (κ3) is 4.32. The molecular formula is C18H22BrNO. The molecule has 3 heteroatoms. The first-order valence-corrected chi connectivity index (χ1v) is 8.05. The second-order valence-electron chi connectivity index (χ2n) is 5.19. The fourth-order valence-corrected chi connectivity index (χ4v) is 2.99. The van der Waals surface area contributed by atoms with Crippen LogP contribution in [0.4, 0.5) is 0 Å². The molecule has 0 aliphatic rings. The maximum atomic E-state index is 5.57. The minimum Gasteiger partial charge on any atom is -0.496 e. The van der Waals surface area contributed by atoms with E-state index in [-0.39, 0.29) is 6.04 Å². The van der Waals surface area contributed by atoms with Gasteiger partial charge in [0, 0.05) is 16.1 Å². The zero-order valence-electron chi connectivity index (χ0n) is 12.8. The lowest BCUT2D eigenvalue weighted by molar-refractivity contribution is 0.399. The Morgan fingerprint density at radius 1 is 1.19 bits per heavy atom. The number of rotatable bonds is 6. The Hall–Kier alpha value is -1.32. The van der Waals surface area contributed by atoms with Gasteiger partial charge < -0.3 is 10.1 Å². The zero-order chi connectivity index (χ0) is 15.2. The van der Waals surface area contributed by atoms with Gasteiger partial charge in [0.05, 0.1) is 7.11 Å². The summed E-state index contributed by atoms with van der Waals surface area (Å²) < 4.78 is 6.68. The number of hydrogen-bond donors (Lipinski definition) is 1. The number of ether oxygens (including phenoxy) is 1. The zero-order valence-corrected chi connectivity index (χ0v) is 14.4. The van der Waals surface area contributed by atoms with E-state index in [4.69, 9.17) is 4.74 Å². The predicted octanol–water partition coefficient (Wildman–Crippen LogP) is 4.66. The van der Waals surface area contributed by atoms with Gasteiger partial charge in [-0.1, -0.05) is 47.1 Å². The van der Waals surface area contributed by atoms with Gasteiger partial charge in [-0.05, 0) is 49.2 Å². The standard InChI is InChI=1S/C18H22BrNO/c1-4-20-17(12-14-6-5-7-15(19)11-14)16-9-8-13(2)10-18(16)21-3/h5-11,17,20H,4,12H2,1-3H3. The van der Waals surface area contributed by atoms with Gasteiger partial charge in [-0.3, -0.25) is 0 Å². The molecule has 112 valence electrons. The van der Waals surface area contributed by atoms with Crippen molar-refractivity contribution in [2.75, 3.05) is 13.7 Å². The number of hydrogen-bond acceptors (Lipinski definition) is 2. The molecule has 0 aliphatic carbocycles. The Bertz CT molecular complexity index is 598. The molecule has 0 fully saturated rings. The highest BCUT2D eigenvalue weighted by Gasteiger charge is 2.16. The van der Waals surface area contributed by atoms with E-state index < -0.39 is 0 Å². The van der Waals surface area contributed by atoms with E-state index in [1.807, 2.05) is 0 Å². The first-order chi connectivity index (χ1) is 10.1. The SMILES string of the molecule is CCNC(Cc1cccc(Br)c1)c1ccc(C)cc1OC. The van der Waals surface area contributed by atoms with Crippen molar-refractivity contribution in [3.8, 4) is 5.75 Å². The van der Waals surface area contributed by atoms with Gasteiger partial charge in [-0.2, -0.15) is 0 Å². The second-order valence-corrected chi connectivity index (χ2v) is 6.11. The molecule has 0 aliphatic heterocycles. The first kappa shape index (κ1) is 16.1. The minimum atomic E-state index is 0.250. The van der Waals surface area contributed by atoms with Crippen LogP contribution in [-0.4, -0.2) is 13.7 Å². The first-order valence-electron chi connectivity index (χ1n) is 7.26. The third-order valence-electron chi connectivity index (χ3n) is 3.54. The number of methoxy groups -OCH3 is 1. The summed E-state index contributed by atoms with van der Waals surface area (Å²) in [4.78, 5) is 0. The molecule has 1 atom stereocenters. The average molecular weight is 348 g/mol. The second kappa shape index (κ2) is 7.62. The summed E-state index contributed by atoms with van der Waals surface area (Å²) in [6, 6.07) is 15.1. The summed E-state index contributed by atoms with van der Waals surface area (Å²) in [7, 11) is 1.74. The van der Waals surface area contributed by atoms with Crippen LogP contribution in [0.3, 0.4) is 0 Å². The lowest BCUT2D eigenvalue weighted by Crippen LogP contribution is -2.23. The van der Waals surface area contributed by atoms with E-state index in [9.17, 15) is 0 Å². The smallest absolute Gasteiger partial charge is 0.123 e. The van der Waals surface area contributed by atoms with Crippen molar-refractivity contribution in [3.63, 3.8) is 0 Å². The average Bonchev–Trinajstić information content (AvgIpc) is 2.47. The molecule has 1 N–H and O–H groups in total. The number of halogens is 1. The van der Waals surface area contributed by atoms with Crippen LogP contribution in [0.2, 0.25) is 0 Å². The maximum Gasteiger partial charge on any atom is 0.123 e. The molecule has 0 radical (unpaired) electrons. The Labute approximate surface area is 135 Å². The predicted molar refractivity (Wildman–Crippen MR) is 92.0 cm³/mol. The molecule has 2 rings (SSSR count). The molecule has 2 nitrogen and oxygen atoms in total. The van der Waals surface area contributed by atoms with Gasteiger partial charge >= 0.3 is 0 Å². The molecule has 0 saturated heterocycles. The van der Waals surface area contributed by atoms with Gasteiger partial charge in [0.1, 0.15) is 5.75 Å². The van der Waals surface area contributed by atoms with Crippen molar-refractivity contribution in [2.45, 2.75) is 26.3 Å². The highest BCUT2D eigenvalue weighted by molar-refractivity contribution is 9.10. The van der Waals surface area contributed by atoms with Crippen molar-refractivity contribution in [2.24, 2.45) is 0 Å². The van der Waals surface area contributed by atoms with Crippen LogP contribution in [0.25, 0.3) is 0 Å². The van der Waals surface area contributed by atoms with Crippen molar-refractivity contribution in [3.05, 3.63) is 63.6 Å². The van der Waals surface area contributed by atoms with Crippen LogP contribution in [0, 0.1) is 6.92 Å². The fourth-order valence-electron chi connectivity index (χ4n) is 2.54. The van der Waals surface area contributed by atoms with Gasteiger partial charge in [0.2, 0.25) is 0 Å². The van der Waals surface area contributed by atoms with Crippen molar-refractivity contribution >= 4 is 15.9 Å². The largest absolute Gasteiger partial charge is 0.496 e. The van der Waals surface area contributed by atoms with Crippen LogP contribution in [0.5, 0.6) is 5.75 Å². The number of aryl methyl sites for hydroxylation is 1. The molecule has 0 spiro atoms. The van der Waals surface area contributed by atoms with E-state index in [1.54, 1.807) is 7.11 Å². The van der Waals surface area contributed by atoms with Gasteiger partial charge in [-0.15, -0.1) is 0 Å². The summed E-state index contributed by atoms with van der Waals surface area (Å²) in [5.74, 6) is 0.955.